The third-order valence-corrected chi connectivity index (χ3v) is 6.95. The van der Waals surface area contributed by atoms with Crippen LogP contribution < -0.4 is 10.0 Å². The molecule has 142 valence electrons. The van der Waals surface area contributed by atoms with Crippen LogP contribution in [0.5, 0.6) is 0 Å². The minimum atomic E-state index is -3.83. The van der Waals surface area contributed by atoms with Crippen molar-refractivity contribution in [2.45, 2.75) is 42.7 Å². The lowest BCUT2D eigenvalue weighted by Crippen LogP contribution is -2.43. The van der Waals surface area contributed by atoms with Gasteiger partial charge in [0.05, 0.1) is 16.7 Å². The van der Waals surface area contributed by atoms with Crippen LogP contribution in [0.3, 0.4) is 0 Å². The average Bonchev–Trinajstić information content (AvgIpc) is 3.13. The first-order chi connectivity index (χ1) is 13.0. The van der Waals surface area contributed by atoms with Gasteiger partial charge < -0.3 is 15.8 Å². The number of aliphatic hydroxyl groups excluding tert-OH is 1. The monoisotopic (exact) mass is 386 g/mol. The number of aliphatic hydroxyl groups is 1. The number of benzene rings is 1. The predicted molar refractivity (Wildman–Crippen MR) is 105 cm³/mol. The number of aromatic nitrogens is 2. The van der Waals surface area contributed by atoms with Crippen LogP contribution in [0.1, 0.15) is 25.7 Å². The Labute approximate surface area is 157 Å². The summed E-state index contributed by atoms with van der Waals surface area (Å²) in [6.45, 7) is 0. The minimum absolute atomic E-state index is 0.161. The van der Waals surface area contributed by atoms with Gasteiger partial charge in [0.15, 0.2) is 0 Å². The lowest BCUT2D eigenvalue weighted by atomic mass is 9.93. The molecule has 7 nitrogen and oxygen atoms in total. The highest BCUT2D eigenvalue weighted by Gasteiger charge is 2.35. The fourth-order valence-corrected chi connectivity index (χ4v) is 5.53. The Bertz CT molecular complexity index is 1060. The number of H-pyrrole nitrogens is 1. The largest absolute Gasteiger partial charge is 0.399 e. The maximum atomic E-state index is 13.6. The first kappa shape index (κ1) is 17.8. The molecule has 4 rings (SSSR count). The molecule has 2 aromatic heterocycles. The van der Waals surface area contributed by atoms with Gasteiger partial charge in [0.2, 0.25) is 0 Å². The number of nitrogens with zero attached hydrogens (tertiary/aromatic N) is 2. The van der Waals surface area contributed by atoms with Crippen molar-refractivity contribution in [1.82, 2.24) is 9.97 Å². The molecule has 1 aliphatic carbocycles. The van der Waals surface area contributed by atoms with E-state index in [1.807, 2.05) is 6.07 Å². The molecule has 0 unspecified atom stereocenters. The normalized spacial score (nSPS) is 20.6. The molecule has 0 atom stereocenters. The molecule has 8 heteroatoms. The highest BCUT2D eigenvalue weighted by atomic mass is 32.2. The first-order valence-corrected chi connectivity index (χ1v) is 10.4. The van der Waals surface area contributed by atoms with E-state index in [9.17, 15) is 13.5 Å². The molecule has 27 heavy (non-hydrogen) atoms. The Kier molecular flexibility index (Phi) is 4.53. The van der Waals surface area contributed by atoms with E-state index < -0.39 is 10.0 Å². The summed E-state index contributed by atoms with van der Waals surface area (Å²) in [5.41, 5.74) is 7.46. The molecule has 0 saturated heterocycles. The quantitative estimate of drug-likeness (QED) is 0.597. The maximum Gasteiger partial charge on any atom is 0.264 e. The molecule has 1 aliphatic rings. The Morgan fingerprint density at radius 2 is 1.93 bits per heavy atom. The Balaban J connectivity index is 1.87. The lowest BCUT2D eigenvalue weighted by molar-refractivity contribution is 0.124. The number of nitrogens with one attached hydrogen (secondary N) is 1. The van der Waals surface area contributed by atoms with Crippen molar-refractivity contribution in [3.8, 4) is 0 Å². The van der Waals surface area contributed by atoms with Gasteiger partial charge in [0.25, 0.3) is 10.0 Å². The fourth-order valence-electron chi connectivity index (χ4n) is 3.74. The summed E-state index contributed by atoms with van der Waals surface area (Å²) >= 11 is 0. The predicted octanol–water partition coefficient (Wildman–Crippen LogP) is 2.64. The second kappa shape index (κ2) is 6.86. The van der Waals surface area contributed by atoms with Crippen molar-refractivity contribution in [3.05, 3.63) is 48.8 Å². The lowest BCUT2D eigenvalue weighted by Gasteiger charge is -2.36. The van der Waals surface area contributed by atoms with Crippen molar-refractivity contribution in [2.24, 2.45) is 0 Å². The Morgan fingerprint density at radius 3 is 2.67 bits per heavy atom. The average molecular weight is 386 g/mol. The highest BCUT2D eigenvalue weighted by Crippen LogP contribution is 2.36. The van der Waals surface area contributed by atoms with E-state index in [1.165, 1.54) is 10.4 Å². The number of hydrogen-bond donors (Lipinski definition) is 3. The molecule has 1 fully saturated rings. The number of hydrogen-bond acceptors (Lipinski definition) is 5. The van der Waals surface area contributed by atoms with Gasteiger partial charge in [-0.25, -0.2) is 13.4 Å². The smallest absolute Gasteiger partial charge is 0.264 e. The molecule has 1 saturated carbocycles. The van der Waals surface area contributed by atoms with Crippen molar-refractivity contribution in [1.29, 1.82) is 0 Å². The van der Waals surface area contributed by atoms with Crippen LogP contribution in [0.15, 0.2) is 53.7 Å². The summed E-state index contributed by atoms with van der Waals surface area (Å²) in [5, 5.41) is 10.6. The van der Waals surface area contributed by atoms with Crippen molar-refractivity contribution < 1.29 is 13.5 Å². The van der Waals surface area contributed by atoms with E-state index in [1.54, 1.807) is 36.7 Å². The molecule has 0 amide bonds. The van der Waals surface area contributed by atoms with Gasteiger partial charge in [0, 0.05) is 29.5 Å². The second-order valence-electron chi connectivity index (χ2n) is 6.91. The molecule has 0 spiro atoms. The Morgan fingerprint density at radius 1 is 1.15 bits per heavy atom. The number of sulfonamides is 1. The number of aromatic amines is 1. The van der Waals surface area contributed by atoms with Gasteiger partial charge in [0.1, 0.15) is 5.65 Å². The molecule has 1 aromatic carbocycles. The van der Waals surface area contributed by atoms with E-state index in [0.717, 1.165) is 5.39 Å². The van der Waals surface area contributed by atoms with Crippen LogP contribution in [-0.2, 0) is 10.0 Å². The van der Waals surface area contributed by atoms with Gasteiger partial charge in [-0.15, -0.1) is 0 Å². The zero-order valence-electron chi connectivity index (χ0n) is 14.7. The molecule has 0 bridgehead atoms. The summed E-state index contributed by atoms with van der Waals surface area (Å²) in [6.07, 6.45) is 5.32. The van der Waals surface area contributed by atoms with Gasteiger partial charge in [-0.3, -0.25) is 4.31 Å². The van der Waals surface area contributed by atoms with Crippen LogP contribution in [0.4, 0.5) is 11.4 Å². The molecule has 2 heterocycles. The SMILES string of the molecule is Nc1cccc(S(=O)(=O)N(c2ccnc3[nH]ccc23)C2CCC(O)CC2)c1. The van der Waals surface area contributed by atoms with Crippen LogP contribution in [0, 0.1) is 0 Å². The van der Waals surface area contributed by atoms with Crippen molar-refractivity contribution >= 4 is 32.4 Å². The fraction of sp³-hybridized carbons (Fsp3) is 0.316. The number of pyridine rings is 1. The number of nitrogen functional groups attached to an aromatic ring is 1. The van der Waals surface area contributed by atoms with Gasteiger partial charge in [-0.1, -0.05) is 6.07 Å². The van der Waals surface area contributed by atoms with Gasteiger partial charge in [-0.2, -0.15) is 0 Å². The summed E-state index contributed by atoms with van der Waals surface area (Å²) in [4.78, 5) is 7.47. The summed E-state index contributed by atoms with van der Waals surface area (Å²) in [7, 11) is -3.83. The van der Waals surface area contributed by atoms with Gasteiger partial charge >= 0.3 is 0 Å². The number of nitrogens with two attached hydrogens (primary N) is 1. The van der Waals surface area contributed by atoms with E-state index in [2.05, 4.69) is 9.97 Å². The van der Waals surface area contributed by atoms with E-state index in [0.29, 0.717) is 42.7 Å². The van der Waals surface area contributed by atoms with Gasteiger partial charge in [-0.05, 0) is 56.0 Å². The molecular weight excluding hydrogens is 364 g/mol. The minimum Gasteiger partial charge on any atom is -0.399 e. The standard InChI is InChI=1S/C19H22N4O3S/c20-13-2-1-3-16(12-13)27(25,26)23(14-4-6-15(24)7-5-14)18-9-11-22-19-17(18)8-10-21-19/h1-3,8-12,14-15,24H,4-7,20H2,(H,21,22). The summed E-state index contributed by atoms with van der Waals surface area (Å²) < 4.78 is 28.7. The van der Waals surface area contributed by atoms with Crippen LogP contribution >= 0.6 is 0 Å². The van der Waals surface area contributed by atoms with E-state index in [-0.39, 0.29) is 17.0 Å². The topological polar surface area (TPSA) is 112 Å². The highest BCUT2D eigenvalue weighted by molar-refractivity contribution is 7.92. The third kappa shape index (κ3) is 3.26. The number of rotatable bonds is 4. The Hall–Kier alpha value is -2.58. The second-order valence-corrected chi connectivity index (χ2v) is 8.72. The zero-order chi connectivity index (χ0) is 19.0. The number of anilines is 2. The van der Waals surface area contributed by atoms with Crippen LogP contribution in [0.2, 0.25) is 0 Å². The summed E-state index contributed by atoms with van der Waals surface area (Å²) in [5.74, 6) is 0. The zero-order valence-corrected chi connectivity index (χ0v) is 15.6. The molecular formula is C19H22N4O3S. The molecule has 0 aliphatic heterocycles. The molecule has 3 aromatic rings. The summed E-state index contributed by atoms with van der Waals surface area (Å²) in [6, 6.07) is 9.67. The van der Waals surface area contributed by atoms with Crippen molar-refractivity contribution in [3.63, 3.8) is 0 Å². The molecule has 0 radical (unpaired) electrons. The first-order valence-electron chi connectivity index (χ1n) is 8.97. The maximum absolute atomic E-state index is 13.6. The van der Waals surface area contributed by atoms with Crippen LogP contribution in [0.25, 0.3) is 11.0 Å². The number of fused-ring (bicyclic) bond motifs is 1. The third-order valence-electron chi connectivity index (χ3n) is 5.09. The van der Waals surface area contributed by atoms with Crippen LogP contribution in [-0.4, -0.2) is 35.6 Å². The molecule has 4 N–H and O–H groups in total. The van der Waals surface area contributed by atoms with E-state index >= 15 is 0 Å². The van der Waals surface area contributed by atoms with Crippen molar-refractivity contribution in [2.75, 3.05) is 10.0 Å². The van der Waals surface area contributed by atoms with E-state index in [4.69, 9.17) is 5.73 Å².